The lowest BCUT2D eigenvalue weighted by molar-refractivity contribution is 0.108. The van der Waals surface area contributed by atoms with Crippen LogP contribution in [-0.2, 0) is 9.47 Å². The first-order valence-corrected chi connectivity index (χ1v) is 17.0. The minimum Gasteiger partial charge on any atom is -0.475 e. The van der Waals surface area contributed by atoms with E-state index in [2.05, 4.69) is 26.1 Å². The zero-order chi connectivity index (χ0) is 31.7. The lowest BCUT2D eigenvalue weighted by Crippen LogP contribution is -2.43. The van der Waals surface area contributed by atoms with Crippen LogP contribution in [0.4, 0.5) is 10.2 Å². The number of fused-ring (bicyclic) bond motifs is 4. The van der Waals surface area contributed by atoms with Gasteiger partial charge in [-0.05, 0) is 62.6 Å². The van der Waals surface area contributed by atoms with Crippen molar-refractivity contribution in [3.63, 3.8) is 0 Å². The number of aromatic nitrogens is 5. The third kappa shape index (κ3) is 4.94. The highest BCUT2D eigenvalue weighted by molar-refractivity contribution is 6.33. The second kappa shape index (κ2) is 11.5. The smallest absolute Gasteiger partial charge is 0.319 e. The molecule has 4 aliphatic heterocycles. The van der Waals surface area contributed by atoms with Crippen LogP contribution in [0.1, 0.15) is 50.0 Å². The lowest BCUT2D eigenvalue weighted by atomic mass is 9.93. The summed E-state index contributed by atoms with van der Waals surface area (Å²) in [5.41, 5.74) is 3.73. The summed E-state index contributed by atoms with van der Waals surface area (Å²) in [6.45, 7) is 5.04. The molecule has 9 rings (SSSR count). The quantitative estimate of drug-likeness (QED) is 0.258. The van der Waals surface area contributed by atoms with Gasteiger partial charge in [0.25, 0.3) is 0 Å². The normalized spacial score (nSPS) is 25.2. The molecule has 0 spiro atoms. The number of methoxy groups -OCH3 is 1. The Balaban J connectivity index is 1.20. The summed E-state index contributed by atoms with van der Waals surface area (Å²) in [7, 11) is 1.71. The third-order valence-electron chi connectivity index (χ3n) is 10.5. The van der Waals surface area contributed by atoms with Gasteiger partial charge in [-0.15, -0.1) is 0 Å². The molecule has 13 heteroatoms. The van der Waals surface area contributed by atoms with Crippen molar-refractivity contribution in [2.75, 3.05) is 64.7 Å². The Hall–Kier alpha value is -3.58. The minimum atomic E-state index is -0.552. The maximum Gasteiger partial charge on any atom is 0.319 e. The highest BCUT2D eigenvalue weighted by Crippen LogP contribution is 2.51. The Kier molecular flexibility index (Phi) is 7.25. The number of rotatable bonds is 7. The number of hydrogen-bond donors (Lipinski definition) is 1. The molecule has 1 aromatic carbocycles. The van der Waals surface area contributed by atoms with Crippen LogP contribution < -0.4 is 14.4 Å². The fourth-order valence-electron chi connectivity index (χ4n) is 8.08. The van der Waals surface area contributed by atoms with E-state index in [1.807, 2.05) is 6.07 Å². The molecule has 11 nitrogen and oxygen atoms in total. The molecule has 1 aliphatic carbocycles. The molecule has 47 heavy (non-hydrogen) atoms. The van der Waals surface area contributed by atoms with E-state index in [0.717, 1.165) is 68.1 Å². The summed E-state index contributed by atoms with van der Waals surface area (Å²) in [6, 6.07) is 1.90. The van der Waals surface area contributed by atoms with Crippen LogP contribution in [-0.4, -0.2) is 101 Å². The number of halogens is 2. The molecule has 4 aromatic rings. The van der Waals surface area contributed by atoms with Gasteiger partial charge in [0.15, 0.2) is 5.82 Å². The molecule has 0 bridgehead atoms. The van der Waals surface area contributed by atoms with Crippen molar-refractivity contribution >= 4 is 39.2 Å². The van der Waals surface area contributed by atoms with Gasteiger partial charge in [0.1, 0.15) is 35.6 Å². The number of benzene rings is 1. The Labute approximate surface area is 276 Å². The van der Waals surface area contributed by atoms with Gasteiger partial charge in [0.2, 0.25) is 5.88 Å². The Morgan fingerprint density at radius 1 is 1.19 bits per heavy atom. The second-order valence-corrected chi connectivity index (χ2v) is 13.9. The molecular weight excluding hydrogens is 625 g/mol. The van der Waals surface area contributed by atoms with E-state index >= 15 is 4.39 Å². The summed E-state index contributed by atoms with van der Waals surface area (Å²) >= 11 is 6.86. The summed E-state index contributed by atoms with van der Waals surface area (Å²) in [5, 5.41) is 9.04. The molecule has 0 unspecified atom stereocenters. The number of aromatic amines is 1. The van der Waals surface area contributed by atoms with E-state index in [-0.39, 0.29) is 34.7 Å². The first kappa shape index (κ1) is 29.6. The summed E-state index contributed by atoms with van der Waals surface area (Å²) in [5.74, 6) is 0.546. The fourth-order valence-corrected chi connectivity index (χ4v) is 8.44. The molecule has 2 atom stereocenters. The van der Waals surface area contributed by atoms with Gasteiger partial charge in [-0.2, -0.15) is 15.1 Å². The average molecular weight is 662 g/mol. The Morgan fingerprint density at radius 2 is 2.11 bits per heavy atom. The van der Waals surface area contributed by atoms with E-state index < -0.39 is 5.82 Å². The standard InChI is InChI=1S/C34H37ClFN7O4/c1-44-11-6-19-13-34(7-2-8-42(34)15-19)18-47-33-39-30-27-31(40-33)43-9-3-10-45-16-21(43)17-46-32(27)38-29(28(30)36)26-22-14-37-41-24(22)12-23(35)25(26)20-4-5-20/h6,12,14,20-21H,2-5,7-11,13,15-18H2,1H3,(H,37,41)/b19-6+/t21-,34-/m0/s1. The molecule has 3 aromatic heterocycles. The zero-order valence-corrected chi connectivity index (χ0v) is 27.1. The predicted molar refractivity (Wildman–Crippen MR) is 175 cm³/mol. The number of ether oxygens (including phenoxy) is 4. The first-order valence-electron chi connectivity index (χ1n) is 16.6. The number of H-pyrrole nitrogens is 1. The van der Waals surface area contributed by atoms with Crippen LogP contribution in [0.25, 0.3) is 33.1 Å². The molecule has 0 radical (unpaired) electrons. The number of anilines is 1. The highest BCUT2D eigenvalue weighted by atomic mass is 35.5. The van der Waals surface area contributed by atoms with Gasteiger partial charge in [0, 0.05) is 42.8 Å². The van der Waals surface area contributed by atoms with E-state index in [4.69, 9.17) is 45.5 Å². The van der Waals surface area contributed by atoms with Crippen molar-refractivity contribution < 1.29 is 23.3 Å². The molecule has 3 saturated heterocycles. The predicted octanol–water partition coefficient (Wildman–Crippen LogP) is 5.42. The van der Waals surface area contributed by atoms with Gasteiger partial charge in [0.05, 0.1) is 36.5 Å². The van der Waals surface area contributed by atoms with Crippen LogP contribution in [0.2, 0.25) is 5.02 Å². The van der Waals surface area contributed by atoms with E-state index in [1.54, 1.807) is 13.3 Å². The van der Waals surface area contributed by atoms with Crippen LogP contribution in [0.3, 0.4) is 0 Å². The van der Waals surface area contributed by atoms with E-state index in [9.17, 15) is 0 Å². The third-order valence-corrected chi connectivity index (χ3v) is 10.8. The molecule has 246 valence electrons. The summed E-state index contributed by atoms with van der Waals surface area (Å²) in [6.07, 6.45) is 9.69. The summed E-state index contributed by atoms with van der Waals surface area (Å²) in [4.78, 5) is 19.3. The van der Waals surface area contributed by atoms with Crippen molar-refractivity contribution in [3.05, 3.63) is 40.3 Å². The fraction of sp³-hybridized carbons (Fsp3) is 0.529. The monoisotopic (exact) mass is 661 g/mol. The molecule has 1 saturated carbocycles. The maximum atomic E-state index is 17.2. The Morgan fingerprint density at radius 3 is 2.98 bits per heavy atom. The van der Waals surface area contributed by atoms with Gasteiger partial charge in [-0.3, -0.25) is 10.00 Å². The topological polar surface area (TPSA) is 111 Å². The molecular formula is C34H37ClFN7O4. The highest BCUT2D eigenvalue weighted by Gasteiger charge is 2.47. The SMILES string of the molecule is COC/C=C1/CN2CCC[C@@]2(COc2nc3c4c(nc(-c5c(C6CC6)c(Cl)cc6[nH]ncc56)c(F)c4n2)OC[C@@H]2COCCCN32)C1. The molecule has 0 amide bonds. The zero-order valence-electron chi connectivity index (χ0n) is 26.4. The molecule has 4 fully saturated rings. The van der Waals surface area contributed by atoms with Crippen molar-refractivity contribution in [3.8, 4) is 23.1 Å². The Bertz CT molecular complexity index is 1910. The van der Waals surface area contributed by atoms with Crippen LogP contribution in [0.15, 0.2) is 23.9 Å². The molecule has 1 N–H and O–H groups in total. The molecule has 7 heterocycles. The number of nitrogens with one attached hydrogen (secondary N) is 1. The van der Waals surface area contributed by atoms with Gasteiger partial charge in [-0.25, -0.2) is 9.37 Å². The number of hydrogen-bond acceptors (Lipinski definition) is 10. The summed E-state index contributed by atoms with van der Waals surface area (Å²) < 4.78 is 41.4. The lowest BCUT2D eigenvalue weighted by Gasteiger charge is -2.31. The molecule has 5 aliphatic rings. The van der Waals surface area contributed by atoms with E-state index in [0.29, 0.717) is 67.2 Å². The average Bonchev–Trinajstić information content (AvgIpc) is 3.66. The first-order chi connectivity index (χ1) is 23.0. The maximum absolute atomic E-state index is 17.2. The van der Waals surface area contributed by atoms with Crippen LogP contribution >= 0.6 is 11.6 Å². The van der Waals surface area contributed by atoms with Crippen molar-refractivity contribution in [1.82, 2.24) is 30.0 Å². The number of pyridine rings is 1. The van der Waals surface area contributed by atoms with E-state index in [1.165, 1.54) is 5.57 Å². The van der Waals surface area contributed by atoms with Crippen molar-refractivity contribution in [1.29, 1.82) is 0 Å². The number of nitrogens with zero attached hydrogens (tertiary/aromatic N) is 6. The minimum absolute atomic E-state index is 0.120. The van der Waals surface area contributed by atoms with Crippen molar-refractivity contribution in [2.45, 2.75) is 56.0 Å². The second-order valence-electron chi connectivity index (χ2n) is 13.5. The van der Waals surface area contributed by atoms with Crippen LogP contribution in [0, 0.1) is 5.82 Å². The van der Waals surface area contributed by atoms with Crippen molar-refractivity contribution in [2.24, 2.45) is 0 Å². The van der Waals surface area contributed by atoms with Gasteiger partial charge in [-0.1, -0.05) is 23.3 Å². The van der Waals surface area contributed by atoms with Crippen LogP contribution in [0.5, 0.6) is 11.9 Å². The largest absolute Gasteiger partial charge is 0.475 e. The van der Waals surface area contributed by atoms with Gasteiger partial charge >= 0.3 is 6.01 Å². The van der Waals surface area contributed by atoms with Gasteiger partial charge < -0.3 is 23.8 Å².